The first kappa shape index (κ1) is 24.5. The van der Waals surface area contributed by atoms with Gasteiger partial charge in [-0.3, -0.25) is 9.59 Å². The Bertz CT molecular complexity index is 1000. The number of hydrogen-bond acceptors (Lipinski definition) is 5. The fraction of sp³-hybridized carbons (Fsp3) is 0.269. The average Bonchev–Trinajstić information content (AvgIpc) is 3.35. The molecule has 1 atom stereocenters. The number of amides is 2. The SMILES string of the molecule is CCOc1ccc(C[CH]C(=O)N[C@@H](Cc2ccsc2)C(=O)NCc2ccc(CN)cc2)cc1. The Labute approximate surface area is 199 Å². The molecule has 173 valence electrons. The fourth-order valence-corrected chi connectivity index (χ4v) is 3.97. The summed E-state index contributed by atoms with van der Waals surface area (Å²) >= 11 is 1.57. The molecule has 0 saturated heterocycles. The molecule has 3 aromatic rings. The molecule has 0 saturated carbocycles. The summed E-state index contributed by atoms with van der Waals surface area (Å²) < 4.78 is 5.44. The number of rotatable bonds is 12. The van der Waals surface area contributed by atoms with Crippen molar-refractivity contribution in [3.05, 3.63) is 94.0 Å². The molecule has 1 heterocycles. The first-order chi connectivity index (χ1) is 16.1. The molecule has 0 bridgehead atoms. The molecule has 2 amide bonds. The van der Waals surface area contributed by atoms with Crippen LogP contribution in [0.25, 0.3) is 0 Å². The van der Waals surface area contributed by atoms with Gasteiger partial charge in [0.15, 0.2) is 0 Å². The number of carbonyl (C=O) groups is 2. The van der Waals surface area contributed by atoms with Crippen molar-refractivity contribution in [2.75, 3.05) is 6.61 Å². The van der Waals surface area contributed by atoms with Gasteiger partial charge in [-0.2, -0.15) is 11.3 Å². The van der Waals surface area contributed by atoms with Gasteiger partial charge >= 0.3 is 0 Å². The number of benzene rings is 2. The second-order valence-corrected chi connectivity index (χ2v) is 8.40. The molecule has 4 N–H and O–H groups in total. The monoisotopic (exact) mass is 464 g/mol. The van der Waals surface area contributed by atoms with Crippen molar-refractivity contribution in [1.82, 2.24) is 10.6 Å². The van der Waals surface area contributed by atoms with Gasteiger partial charge in [0.05, 0.1) is 13.0 Å². The van der Waals surface area contributed by atoms with E-state index in [9.17, 15) is 9.59 Å². The lowest BCUT2D eigenvalue weighted by molar-refractivity contribution is -0.127. The lowest BCUT2D eigenvalue weighted by atomic mass is 10.1. The first-order valence-corrected chi connectivity index (χ1v) is 11.9. The zero-order valence-corrected chi connectivity index (χ0v) is 19.6. The largest absolute Gasteiger partial charge is 0.494 e. The van der Waals surface area contributed by atoms with Crippen LogP contribution in [0.3, 0.4) is 0 Å². The van der Waals surface area contributed by atoms with Crippen LogP contribution in [-0.4, -0.2) is 24.5 Å². The summed E-state index contributed by atoms with van der Waals surface area (Å²) in [4.78, 5) is 25.5. The lowest BCUT2D eigenvalue weighted by Gasteiger charge is -2.18. The molecule has 3 rings (SSSR count). The number of hydrogen-bond donors (Lipinski definition) is 3. The summed E-state index contributed by atoms with van der Waals surface area (Å²) in [5.41, 5.74) is 9.66. The zero-order chi connectivity index (χ0) is 23.5. The number of nitrogens with two attached hydrogens (primary N) is 1. The number of nitrogens with one attached hydrogen (secondary N) is 2. The molecule has 0 spiro atoms. The molecule has 0 aliphatic rings. The van der Waals surface area contributed by atoms with Gasteiger partial charge in [0.2, 0.25) is 11.8 Å². The highest BCUT2D eigenvalue weighted by Gasteiger charge is 2.21. The van der Waals surface area contributed by atoms with E-state index in [0.29, 0.717) is 32.5 Å². The summed E-state index contributed by atoms with van der Waals surface area (Å²) in [7, 11) is 0. The van der Waals surface area contributed by atoms with Crippen molar-refractivity contribution in [2.24, 2.45) is 5.73 Å². The third-order valence-electron chi connectivity index (χ3n) is 5.14. The van der Waals surface area contributed by atoms with E-state index in [1.54, 1.807) is 17.8 Å². The molecule has 0 unspecified atom stereocenters. The minimum atomic E-state index is -0.660. The van der Waals surface area contributed by atoms with Crippen LogP contribution < -0.4 is 21.1 Å². The average molecular weight is 465 g/mol. The molecule has 0 aliphatic carbocycles. The van der Waals surface area contributed by atoms with Crippen molar-refractivity contribution in [1.29, 1.82) is 0 Å². The van der Waals surface area contributed by atoms with Crippen molar-refractivity contribution in [3.63, 3.8) is 0 Å². The summed E-state index contributed by atoms with van der Waals surface area (Å²) in [6.45, 7) is 3.41. The van der Waals surface area contributed by atoms with E-state index in [0.717, 1.165) is 28.0 Å². The van der Waals surface area contributed by atoms with Gasteiger partial charge in [0.25, 0.3) is 0 Å². The molecule has 1 radical (unpaired) electrons. The maximum absolute atomic E-state index is 12.9. The molecule has 1 aromatic heterocycles. The smallest absolute Gasteiger partial charge is 0.243 e. The predicted molar refractivity (Wildman–Crippen MR) is 132 cm³/mol. The first-order valence-electron chi connectivity index (χ1n) is 11.0. The molecular weight excluding hydrogens is 434 g/mol. The van der Waals surface area contributed by atoms with Crippen LogP contribution in [0, 0.1) is 6.42 Å². The third-order valence-corrected chi connectivity index (χ3v) is 5.87. The highest BCUT2D eigenvalue weighted by molar-refractivity contribution is 7.07. The van der Waals surface area contributed by atoms with Gasteiger partial charge in [-0.15, -0.1) is 0 Å². The van der Waals surface area contributed by atoms with Crippen molar-refractivity contribution >= 4 is 23.2 Å². The van der Waals surface area contributed by atoms with Gasteiger partial charge in [-0.1, -0.05) is 36.4 Å². The van der Waals surface area contributed by atoms with E-state index in [2.05, 4.69) is 10.6 Å². The Kier molecular flexibility index (Phi) is 9.47. The quantitative estimate of drug-likeness (QED) is 0.383. The second-order valence-electron chi connectivity index (χ2n) is 7.62. The van der Waals surface area contributed by atoms with E-state index in [4.69, 9.17) is 10.5 Å². The molecule has 0 fully saturated rings. The summed E-state index contributed by atoms with van der Waals surface area (Å²) in [5, 5.41) is 9.75. The van der Waals surface area contributed by atoms with Crippen LogP contribution in [0.2, 0.25) is 0 Å². The Hall–Kier alpha value is -3.16. The standard InChI is InChI=1S/C26H30N3O3S/c1-2-32-23-10-7-19(8-11-23)9-12-25(30)29-24(15-22-13-14-33-18-22)26(31)28-17-21-5-3-20(16-27)4-6-21/h3-8,10-14,18,24H,2,9,15-17,27H2,1H3,(H,28,31)(H,29,30)/t24-/m0/s1. The highest BCUT2D eigenvalue weighted by atomic mass is 32.1. The fourth-order valence-electron chi connectivity index (χ4n) is 3.29. The van der Waals surface area contributed by atoms with Gasteiger partial charge in [-0.05, 0) is 64.6 Å². The van der Waals surface area contributed by atoms with Gasteiger partial charge in [-0.25, -0.2) is 0 Å². The van der Waals surface area contributed by atoms with Crippen LogP contribution in [0.15, 0.2) is 65.4 Å². The van der Waals surface area contributed by atoms with Gasteiger partial charge in [0.1, 0.15) is 11.8 Å². The summed E-state index contributed by atoms with van der Waals surface area (Å²) in [6.07, 6.45) is 2.47. The van der Waals surface area contributed by atoms with Gasteiger partial charge in [0, 0.05) is 19.5 Å². The molecule has 0 aliphatic heterocycles. The van der Waals surface area contributed by atoms with E-state index >= 15 is 0 Å². The molecule has 7 heteroatoms. The number of carbonyl (C=O) groups excluding carboxylic acids is 2. The Morgan fingerprint density at radius 1 is 1.00 bits per heavy atom. The Balaban J connectivity index is 1.55. The Morgan fingerprint density at radius 3 is 2.33 bits per heavy atom. The topological polar surface area (TPSA) is 93.4 Å². The molecule has 33 heavy (non-hydrogen) atoms. The maximum atomic E-state index is 12.9. The normalized spacial score (nSPS) is 11.6. The minimum absolute atomic E-state index is 0.216. The highest BCUT2D eigenvalue weighted by Crippen LogP contribution is 2.14. The van der Waals surface area contributed by atoms with Crippen molar-refractivity contribution in [2.45, 2.75) is 38.9 Å². The summed E-state index contributed by atoms with van der Waals surface area (Å²) in [5.74, 6) is 0.314. The second kappa shape index (κ2) is 12.8. The van der Waals surface area contributed by atoms with Crippen LogP contribution >= 0.6 is 11.3 Å². The van der Waals surface area contributed by atoms with Crippen molar-refractivity contribution < 1.29 is 14.3 Å². The molecule has 6 nitrogen and oxygen atoms in total. The molecular formula is C26H30N3O3S. The lowest BCUT2D eigenvalue weighted by Crippen LogP contribution is -2.48. The van der Waals surface area contributed by atoms with E-state index in [-0.39, 0.29) is 11.8 Å². The summed E-state index contributed by atoms with van der Waals surface area (Å²) in [6, 6.07) is 16.7. The Morgan fingerprint density at radius 2 is 1.70 bits per heavy atom. The minimum Gasteiger partial charge on any atom is -0.494 e. The maximum Gasteiger partial charge on any atom is 0.243 e. The zero-order valence-electron chi connectivity index (χ0n) is 18.8. The number of thiophene rings is 1. The van der Waals surface area contributed by atoms with Crippen LogP contribution in [-0.2, 0) is 35.5 Å². The molecule has 2 aromatic carbocycles. The van der Waals surface area contributed by atoms with Crippen LogP contribution in [0.5, 0.6) is 5.75 Å². The van der Waals surface area contributed by atoms with Crippen molar-refractivity contribution in [3.8, 4) is 5.75 Å². The van der Waals surface area contributed by atoms with E-state index < -0.39 is 6.04 Å². The number of ether oxygens (including phenoxy) is 1. The third kappa shape index (κ3) is 8.04. The van der Waals surface area contributed by atoms with Crippen LogP contribution in [0.1, 0.15) is 29.2 Å². The predicted octanol–water partition coefficient (Wildman–Crippen LogP) is 3.40. The van der Waals surface area contributed by atoms with E-state index in [1.165, 1.54) is 0 Å². The van der Waals surface area contributed by atoms with Gasteiger partial charge < -0.3 is 21.1 Å². The van der Waals surface area contributed by atoms with E-state index in [1.807, 2.05) is 72.3 Å². The van der Waals surface area contributed by atoms with Crippen LogP contribution in [0.4, 0.5) is 0 Å².